The number of hydrogen-bond acceptors (Lipinski definition) is 5. The number of para-hydroxylation sites is 2. The summed E-state index contributed by atoms with van der Waals surface area (Å²) in [5, 5.41) is 14.2. The van der Waals surface area contributed by atoms with E-state index in [2.05, 4.69) is 26.2 Å². The number of hydrogen-bond donors (Lipinski definition) is 2. The van der Waals surface area contributed by atoms with E-state index in [1.807, 2.05) is 12.1 Å². The first-order valence-electron chi connectivity index (χ1n) is 6.36. The molecule has 1 aliphatic heterocycles. The number of carbonyl (C=O) groups excluding carboxylic acids is 2. The van der Waals surface area contributed by atoms with Crippen LogP contribution < -0.4 is 10.7 Å². The molecular formula is C13H12N6O2. The number of benzene rings is 1. The number of aromatic nitrogens is 3. The van der Waals surface area contributed by atoms with Gasteiger partial charge in [0, 0.05) is 12.8 Å². The molecule has 2 N–H and O–H groups in total. The Kier molecular flexibility index (Phi) is 3.42. The topological polar surface area (TPSA) is 101 Å². The zero-order chi connectivity index (χ0) is 14.7. The van der Waals surface area contributed by atoms with Crippen molar-refractivity contribution in [1.29, 1.82) is 0 Å². The van der Waals surface area contributed by atoms with E-state index in [0.29, 0.717) is 23.5 Å². The normalized spacial score (nSPS) is 14.3. The van der Waals surface area contributed by atoms with Gasteiger partial charge in [-0.1, -0.05) is 17.3 Å². The van der Waals surface area contributed by atoms with Crippen molar-refractivity contribution in [2.45, 2.75) is 12.8 Å². The summed E-state index contributed by atoms with van der Waals surface area (Å²) in [6.45, 7) is 0. The fraction of sp³-hybridized carbons (Fsp3) is 0.154. The molecular weight excluding hydrogens is 272 g/mol. The molecule has 0 unspecified atom stereocenters. The highest BCUT2D eigenvalue weighted by Crippen LogP contribution is 2.19. The summed E-state index contributed by atoms with van der Waals surface area (Å²) >= 11 is 0. The van der Waals surface area contributed by atoms with Crippen LogP contribution in [0, 0.1) is 0 Å². The first-order valence-corrected chi connectivity index (χ1v) is 6.36. The minimum absolute atomic E-state index is 0.186. The van der Waals surface area contributed by atoms with Crippen molar-refractivity contribution in [3.05, 3.63) is 36.7 Å². The summed E-state index contributed by atoms with van der Waals surface area (Å²) < 4.78 is 1.56. The van der Waals surface area contributed by atoms with Gasteiger partial charge >= 0.3 is 0 Å². The molecule has 1 aliphatic rings. The summed E-state index contributed by atoms with van der Waals surface area (Å²) in [4.78, 5) is 23.2. The first kappa shape index (κ1) is 13.0. The van der Waals surface area contributed by atoms with Crippen LogP contribution in [0.1, 0.15) is 12.8 Å². The van der Waals surface area contributed by atoms with Crippen LogP contribution in [0.2, 0.25) is 0 Å². The fourth-order valence-electron chi connectivity index (χ4n) is 1.95. The Bertz CT molecular complexity index is 707. The maximum absolute atomic E-state index is 12.2. The largest absolute Gasteiger partial charge is 0.319 e. The molecule has 8 heteroatoms. The smallest absolute Gasteiger partial charge is 0.271 e. The number of rotatable bonds is 3. The van der Waals surface area contributed by atoms with Crippen molar-refractivity contribution in [3.8, 4) is 5.69 Å². The lowest BCUT2D eigenvalue weighted by molar-refractivity contribution is -0.121. The summed E-state index contributed by atoms with van der Waals surface area (Å²) in [5.41, 5.74) is 3.88. The predicted molar refractivity (Wildman–Crippen MR) is 74.8 cm³/mol. The van der Waals surface area contributed by atoms with Crippen molar-refractivity contribution >= 4 is 23.2 Å². The summed E-state index contributed by atoms with van der Waals surface area (Å²) in [7, 11) is 0. The highest BCUT2D eigenvalue weighted by Gasteiger charge is 2.19. The van der Waals surface area contributed by atoms with Gasteiger partial charge in [0.1, 0.15) is 5.71 Å². The third kappa shape index (κ3) is 2.78. The molecule has 8 nitrogen and oxygen atoms in total. The number of nitrogens with one attached hydrogen (secondary N) is 2. The van der Waals surface area contributed by atoms with Gasteiger partial charge < -0.3 is 5.32 Å². The van der Waals surface area contributed by atoms with E-state index >= 15 is 0 Å². The van der Waals surface area contributed by atoms with Crippen LogP contribution in [0.25, 0.3) is 5.69 Å². The molecule has 0 saturated heterocycles. The number of hydrazone groups is 1. The molecule has 0 bridgehead atoms. The second kappa shape index (κ2) is 5.53. The Labute approximate surface area is 119 Å². The Morgan fingerprint density at radius 2 is 2.14 bits per heavy atom. The molecule has 0 fully saturated rings. The Hall–Kier alpha value is -3.03. The van der Waals surface area contributed by atoms with Crippen molar-refractivity contribution in [2.75, 3.05) is 5.32 Å². The molecule has 0 saturated carbocycles. The second-order valence-corrected chi connectivity index (χ2v) is 4.41. The lowest BCUT2D eigenvalue weighted by atomic mass is 10.1. The average Bonchev–Trinajstić information content (AvgIpc) is 3.02. The van der Waals surface area contributed by atoms with Gasteiger partial charge in [0.05, 0.1) is 23.8 Å². The van der Waals surface area contributed by atoms with Crippen molar-refractivity contribution in [1.82, 2.24) is 20.4 Å². The molecule has 106 valence electrons. The van der Waals surface area contributed by atoms with Gasteiger partial charge in [-0.15, -0.1) is 5.10 Å². The molecule has 0 radical (unpaired) electrons. The Balaban J connectivity index is 1.82. The lowest BCUT2D eigenvalue weighted by Gasteiger charge is -2.14. The van der Waals surface area contributed by atoms with E-state index < -0.39 is 0 Å². The molecule has 3 rings (SSSR count). The Morgan fingerprint density at radius 3 is 2.86 bits per heavy atom. The highest BCUT2D eigenvalue weighted by atomic mass is 16.2. The van der Waals surface area contributed by atoms with E-state index in [-0.39, 0.29) is 18.2 Å². The van der Waals surface area contributed by atoms with Crippen molar-refractivity contribution < 1.29 is 9.59 Å². The monoisotopic (exact) mass is 284 g/mol. The van der Waals surface area contributed by atoms with E-state index in [0.717, 1.165) is 0 Å². The van der Waals surface area contributed by atoms with Crippen LogP contribution in [-0.2, 0) is 9.59 Å². The maximum Gasteiger partial charge on any atom is 0.271 e. The van der Waals surface area contributed by atoms with Gasteiger partial charge in [-0.2, -0.15) is 5.10 Å². The van der Waals surface area contributed by atoms with Gasteiger partial charge in [-0.05, 0) is 12.1 Å². The minimum atomic E-state index is -0.345. The third-order valence-electron chi connectivity index (χ3n) is 2.99. The number of anilines is 1. The predicted octanol–water partition coefficient (Wildman–Crippen LogP) is 0.472. The molecule has 21 heavy (non-hydrogen) atoms. The molecule has 0 spiro atoms. The summed E-state index contributed by atoms with van der Waals surface area (Å²) in [6, 6.07) is 7.22. The SMILES string of the molecule is O=C1CCC(C(=O)Nc2ccccc2-n2ccnn2)=NN1. The molecule has 2 heterocycles. The molecule has 1 aromatic heterocycles. The van der Waals surface area contributed by atoms with Crippen molar-refractivity contribution in [3.63, 3.8) is 0 Å². The van der Waals surface area contributed by atoms with Crippen LogP contribution in [0.15, 0.2) is 41.8 Å². The maximum atomic E-state index is 12.2. The number of carbonyl (C=O) groups is 2. The highest BCUT2D eigenvalue weighted by molar-refractivity contribution is 6.43. The summed E-state index contributed by atoms with van der Waals surface area (Å²) in [6.07, 6.45) is 3.82. The van der Waals surface area contributed by atoms with Gasteiger partial charge in [-0.25, -0.2) is 10.1 Å². The van der Waals surface area contributed by atoms with Crippen LogP contribution in [-0.4, -0.2) is 32.5 Å². The van der Waals surface area contributed by atoms with Gasteiger partial charge in [0.25, 0.3) is 5.91 Å². The molecule has 1 aromatic carbocycles. The van der Waals surface area contributed by atoms with Gasteiger partial charge in [0.15, 0.2) is 0 Å². The second-order valence-electron chi connectivity index (χ2n) is 4.41. The summed E-state index contributed by atoms with van der Waals surface area (Å²) in [5.74, 6) is -0.530. The number of nitrogens with zero attached hydrogens (tertiary/aromatic N) is 4. The van der Waals surface area contributed by atoms with Gasteiger partial charge in [-0.3, -0.25) is 9.59 Å². The lowest BCUT2D eigenvalue weighted by Crippen LogP contribution is -2.33. The first-order chi connectivity index (χ1) is 10.2. The van der Waals surface area contributed by atoms with Crippen LogP contribution in [0.5, 0.6) is 0 Å². The standard InChI is InChI=1S/C13H12N6O2/c20-12-6-5-10(16-17-12)13(21)15-9-3-1-2-4-11(9)19-8-7-14-18-19/h1-4,7-8H,5-6H2,(H,15,21)(H,17,20). The van der Waals surface area contributed by atoms with Gasteiger partial charge in [0.2, 0.25) is 5.91 Å². The molecule has 2 aromatic rings. The van der Waals surface area contributed by atoms with E-state index in [4.69, 9.17) is 0 Å². The zero-order valence-electron chi connectivity index (χ0n) is 11.0. The van der Waals surface area contributed by atoms with Crippen LogP contribution >= 0.6 is 0 Å². The quantitative estimate of drug-likeness (QED) is 0.855. The van der Waals surface area contributed by atoms with E-state index in [1.54, 1.807) is 29.2 Å². The molecule has 2 amide bonds. The van der Waals surface area contributed by atoms with E-state index in [9.17, 15) is 9.59 Å². The molecule has 0 atom stereocenters. The van der Waals surface area contributed by atoms with Crippen LogP contribution in [0.4, 0.5) is 5.69 Å². The number of amides is 2. The zero-order valence-corrected chi connectivity index (χ0v) is 11.0. The Morgan fingerprint density at radius 1 is 1.29 bits per heavy atom. The minimum Gasteiger partial charge on any atom is -0.319 e. The fourth-order valence-corrected chi connectivity index (χ4v) is 1.95. The van der Waals surface area contributed by atoms with E-state index in [1.165, 1.54) is 0 Å². The van der Waals surface area contributed by atoms with Crippen molar-refractivity contribution in [2.24, 2.45) is 5.10 Å². The van der Waals surface area contributed by atoms with Crippen LogP contribution in [0.3, 0.4) is 0 Å². The third-order valence-corrected chi connectivity index (χ3v) is 2.99. The molecule has 0 aliphatic carbocycles. The average molecular weight is 284 g/mol.